The molecule has 2 heterocycles. The molecule has 0 unspecified atom stereocenters. The summed E-state index contributed by atoms with van der Waals surface area (Å²) < 4.78 is 73.8. The zero-order chi connectivity index (χ0) is 29.6. The highest BCUT2D eigenvalue weighted by Crippen LogP contribution is 2.37. The number of aromatic amines is 1. The van der Waals surface area contributed by atoms with E-state index in [0.29, 0.717) is 5.56 Å². The minimum atomic E-state index is -4.83. The van der Waals surface area contributed by atoms with E-state index in [1.54, 1.807) is 30.3 Å². The fourth-order valence-electron chi connectivity index (χ4n) is 4.04. The number of nitrogens with zero attached hydrogens (tertiary/aromatic N) is 1. The number of rotatable bonds is 9. The smallest absolute Gasteiger partial charge is 0.433 e. The molecule has 0 radical (unpaired) electrons. The molecule has 0 aliphatic carbocycles. The zero-order valence-corrected chi connectivity index (χ0v) is 21.9. The van der Waals surface area contributed by atoms with Crippen molar-refractivity contribution < 1.29 is 60.8 Å². The Morgan fingerprint density at radius 3 is 2.00 bits per heavy atom. The maximum atomic E-state index is 13.8. The summed E-state index contributed by atoms with van der Waals surface area (Å²) in [6, 6.07) is 8.18. The summed E-state index contributed by atoms with van der Waals surface area (Å²) in [5.41, 5.74) is -1.07. The van der Waals surface area contributed by atoms with Crippen molar-refractivity contribution in [1.82, 2.24) is 10.2 Å². The van der Waals surface area contributed by atoms with Gasteiger partial charge in [-0.1, -0.05) is 30.3 Å². The van der Waals surface area contributed by atoms with Crippen LogP contribution in [0.15, 0.2) is 30.3 Å². The van der Waals surface area contributed by atoms with Crippen LogP contribution in [-0.4, -0.2) is 71.4 Å². The first-order valence-corrected chi connectivity index (χ1v) is 11.9. The Hall–Kier alpha value is -4.14. The molecule has 0 spiro atoms. The number of aromatic nitrogens is 2. The first kappa shape index (κ1) is 30.4. The molecular weight excluding hydrogens is 545 g/mol. The SMILES string of the molecule is CC(=O)OC[C@H]1O[C@@H](Oc2n[nH]c(C(F)(F)F)c2Cc2ccccc2)[C@H](OC(C)=O)[C@@H](OC(C)=O)[C@@H]1OC(C)=O. The Kier molecular flexibility index (Phi) is 9.74. The van der Waals surface area contributed by atoms with Crippen molar-refractivity contribution in [1.29, 1.82) is 0 Å². The van der Waals surface area contributed by atoms with E-state index in [0.717, 1.165) is 27.7 Å². The number of nitrogens with one attached hydrogen (secondary N) is 1. The standard InChI is InChI=1S/C25H27F3N2O10/c1-12(31)35-11-18-19(36-13(2)32)20(37-14(3)33)21(38-15(4)34)24(39-18)40-23-17(10-16-8-6-5-7-9-16)22(29-30-23)25(26,27)28/h5-9,18-21,24H,10-11H2,1-4H3,(H,29,30)/t18-,19-,20+,21-,24+/m1/s1. The summed E-state index contributed by atoms with van der Waals surface area (Å²) in [4.78, 5) is 47.3. The van der Waals surface area contributed by atoms with Gasteiger partial charge in [-0.3, -0.25) is 24.3 Å². The lowest BCUT2D eigenvalue weighted by Gasteiger charge is -2.43. The number of ether oxygens (including phenoxy) is 6. The van der Waals surface area contributed by atoms with Crippen LogP contribution in [0.5, 0.6) is 5.88 Å². The predicted octanol–water partition coefficient (Wildman–Crippen LogP) is 2.48. The predicted molar refractivity (Wildman–Crippen MR) is 125 cm³/mol. The monoisotopic (exact) mass is 572 g/mol. The van der Waals surface area contributed by atoms with E-state index in [1.165, 1.54) is 0 Å². The second-order valence-corrected chi connectivity index (χ2v) is 8.73. The van der Waals surface area contributed by atoms with E-state index < -0.39 is 78.9 Å². The number of hydrogen-bond acceptors (Lipinski definition) is 11. The van der Waals surface area contributed by atoms with Crippen LogP contribution in [0, 0.1) is 0 Å². The Morgan fingerprint density at radius 2 is 1.45 bits per heavy atom. The second kappa shape index (κ2) is 12.8. The Balaban J connectivity index is 2.07. The number of carbonyl (C=O) groups excluding carboxylic acids is 4. The lowest BCUT2D eigenvalue weighted by molar-refractivity contribution is -0.289. The van der Waals surface area contributed by atoms with Gasteiger partial charge in [0.05, 0.1) is 5.56 Å². The maximum absolute atomic E-state index is 13.8. The number of carbonyl (C=O) groups is 4. The average molecular weight is 572 g/mol. The summed E-state index contributed by atoms with van der Waals surface area (Å²) >= 11 is 0. The van der Waals surface area contributed by atoms with E-state index in [4.69, 9.17) is 28.4 Å². The van der Waals surface area contributed by atoms with Crippen molar-refractivity contribution in [2.45, 2.75) is 71.0 Å². The van der Waals surface area contributed by atoms with Gasteiger partial charge in [0.15, 0.2) is 12.2 Å². The number of halogens is 3. The van der Waals surface area contributed by atoms with Crippen LogP contribution >= 0.6 is 0 Å². The largest absolute Gasteiger partial charge is 0.463 e. The molecule has 1 aromatic heterocycles. The number of alkyl halides is 3. The third kappa shape index (κ3) is 7.94. The van der Waals surface area contributed by atoms with Crippen molar-refractivity contribution in [3.8, 4) is 5.88 Å². The first-order chi connectivity index (χ1) is 18.8. The molecule has 1 fully saturated rings. The Labute approximate surface area is 226 Å². The molecule has 15 heteroatoms. The highest BCUT2D eigenvalue weighted by Gasteiger charge is 2.54. The minimum Gasteiger partial charge on any atom is -0.463 e. The van der Waals surface area contributed by atoms with Crippen molar-refractivity contribution in [2.75, 3.05) is 6.61 Å². The topological polar surface area (TPSA) is 152 Å². The van der Waals surface area contributed by atoms with E-state index in [2.05, 4.69) is 5.10 Å². The second-order valence-electron chi connectivity index (χ2n) is 8.73. The summed E-state index contributed by atoms with van der Waals surface area (Å²) in [6.07, 6.45) is -12.9. The quantitative estimate of drug-likeness (QED) is 0.348. The van der Waals surface area contributed by atoms with E-state index in [-0.39, 0.29) is 12.0 Å². The lowest BCUT2D eigenvalue weighted by atomic mass is 9.98. The van der Waals surface area contributed by atoms with E-state index in [1.807, 2.05) is 5.10 Å². The van der Waals surface area contributed by atoms with Gasteiger partial charge in [0.25, 0.3) is 0 Å². The summed E-state index contributed by atoms with van der Waals surface area (Å²) in [7, 11) is 0. The molecule has 1 saturated heterocycles. The molecule has 0 saturated carbocycles. The third-order valence-corrected chi connectivity index (χ3v) is 5.51. The molecule has 1 aliphatic rings. The van der Waals surface area contributed by atoms with Crippen molar-refractivity contribution in [3.63, 3.8) is 0 Å². The van der Waals surface area contributed by atoms with Crippen LogP contribution in [0.1, 0.15) is 44.5 Å². The molecule has 0 amide bonds. The summed E-state index contributed by atoms with van der Waals surface area (Å²) in [6.45, 7) is 3.66. The number of benzene rings is 1. The van der Waals surface area contributed by atoms with E-state index >= 15 is 0 Å². The third-order valence-electron chi connectivity index (χ3n) is 5.51. The lowest BCUT2D eigenvalue weighted by Crippen LogP contribution is -2.63. The molecular formula is C25H27F3N2O10. The van der Waals surface area contributed by atoms with Gasteiger partial charge >= 0.3 is 30.1 Å². The molecule has 2 aromatic rings. The molecule has 40 heavy (non-hydrogen) atoms. The van der Waals surface area contributed by atoms with Gasteiger partial charge in [-0.15, -0.1) is 5.10 Å². The summed E-state index contributed by atoms with van der Waals surface area (Å²) in [5, 5.41) is 5.59. The maximum Gasteiger partial charge on any atom is 0.433 e. The zero-order valence-electron chi connectivity index (χ0n) is 21.9. The molecule has 218 valence electrons. The molecule has 1 aromatic carbocycles. The van der Waals surface area contributed by atoms with Crippen LogP contribution in [0.4, 0.5) is 13.2 Å². The first-order valence-electron chi connectivity index (χ1n) is 11.9. The number of esters is 4. The number of hydrogen-bond donors (Lipinski definition) is 1. The van der Waals surface area contributed by atoms with Gasteiger partial charge in [0, 0.05) is 34.1 Å². The Bertz CT molecular complexity index is 1220. The van der Waals surface area contributed by atoms with Crippen LogP contribution in [0.3, 0.4) is 0 Å². The van der Waals surface area contributed by atoms with Gasteiger partial charge in [0.1, 0.15) is 18.4 Å². The van der Waals surface area contributed by atoms with Gasteiger partial charge in [-0.25, -0.2) is 0 Å². The minimum absolute atomic E-state index is 0.257. The summed E-state index contributed by atoms with van der Waals surface area (Å²) in [5.74, 6) is -3.90. The van der Waals surface area contributed by atoms with E-state index in [9.17, 15) is 32.3 Å². The fraction of sp³-hybridized carbons (Fsp3) is 0.480. The molecule has 1 N–H and O–H groups in total. The normalized spacial score (nSPS) is 22.6. The Morgan fingerprint density at radius 1 is 0.875 bits per heavy atom. The van der Waals surface area contributed by atoms with Gasteiger partial charge < -0.3 is 28.4 Å². The average Bonchev–Trinajstić information content (AvgIpc) is 3.24. The van der Waals surface area contributed by atoms with Crippen LogP contribution in [0.25, 0.3) is 0 Å². The molecule has 3 rings (SSSR count). The van der Waals surface area contributed by atoms with Gasteiger partial charge in [-0.05, 0) is 5.56 Å². The molecule has 1 aliphatic heterocycles. The molecule has 12 nitrogen and oxygen atoms in total. The number of H-pyrrole nitrogens is 1. The fourth-order valence-corrected chi connectivity index (χ4v) is 4.04. The van der Waals surface area contributed by atoms with Crippen LogP contribution in [-0.2, 0) is 55.5 Å². The highest BCUT2D eigenvalue weighted by atomic mass is 19.4. The van der Waals surface area contributed by atoms with Crippen molar-refractivity contribution >= 4 is 23.9 Å². The van der Waals surface area contributed by atoms with Gasteiger partial charge in [0.2, 0.25) is 18.3 Å². The van der Waals surface area contributed by atoms with Crippen LogP contribution < -0.4 is 4.74 Å². The molecule has 0 bridgehead atoms. The van der Waals surface area contributed by atoms with Crippen molar-refractivity contribution in [3.05, 3.63) is 47.2 Å². The van der Waals surface area contributed by atoms with Gasteiger partial charge in [-0.2, -0.15) is 13.2 Å². The van der Waals surface area contributed by atoms with Crippen molar-refractivity contribution in [2.24, 2.45) is 0 Å². The molecule has 5 atom stereocenters. The van der Waals surface area contributed by atoms with Crippen LogP contribution in [0.2, 0.25) is 0 Å². The highest BCUT2D eigenvalue weighted by molar-refractivity contribution is 5.68.